The van der Waals surface area contributed by atoms with Gasteiger partial charge in [-0.3, -0.25) is 9.89 Å². The van der Waals surface area contributed by atoms with E-state index in [4.69, 9.17) is 0 Å². The highest BCUT2D eigenvalue weighted by Crippen LogP contribution is 2.20. The maximum Gasteiger partial charge on any atom is 0.208 e. The topological polar surface area (TPSA) is 63.6 Å². The summed E-state index contributed by atoms with van der Waals surface area (Å²) in [4.78, 5) is 17.0. The third-order valence-electron chi connectivity index (χ3n) is 4.52. The second-order valence-electron chi connectivity index (χ2n) is 6.30. The Balaban J connectivity index is 1.65. The van der Waals surface area contributed by atoms with E-state index in [2.05, 4.69) is 50.9 Å². The first kappa shape index (κ1) is 18.5. The monoisotopic (exact) mass is 368 g/mol. The van der Waals surface area contributed by atoms with Crippen LogP contribution >= 0.6 is 11.8 Å². The van der Waals surface area contributed by atoms with E-state index in [0.29, 0.717) is 10.9 Å². The highest BCUT2D eigenvalue weighted by Gasteiger charge is 2.16. The number of carbonyl (C=O) groups is 1. The number of aromatic nitrogens is 4. The van der Waals surface area contributed by atoms with Gasteiger partial charge in [-0.15, -0.1) is 5.10 Å². The second kappa shape index (κ2) is 8.36. The summed E-state index contributed by atoms with van der Waals surface area (Å²) in [5.74, 6) is 1.32. The summed E-state index contributed by atoms with van der Waals surface area (Å²) in [6.07, 6.45) is 1.76. The molecule has 0 radical (unpaired) electrons. The minimum absolute atomic E-state index is 0.122. The fourth-order valence-corrected chi connectivity index (χ4v) is 3.72. The Hall–Kier alpha value is -2.34. The number of benzene rings is 1. The minimum Gasteiger partial charge on any atom is -0.348 e. The van der Waals surface area contributed by atoms with Crippen LogP contribution in [0.2, 0.25) is 0 Å². The zero-order valence-corrected chi connectivity index (χ0v) is 16.3. The fourth-order valence-electron chi connectivity index (χ4n) is 3.02. The molecule has 0 aliphatic carbocycles. The summed E-state index contributed by atoms with van der Waals surface area (Å²) >= 11 is 1.38. The number of nitrogens with one attached hydrogen (secondary N) is 1. The lowest BCUT2D eigenvalue weighted by atomic mass is 10.1. The van der Waals surface area contributed by atoms with Gasteiger partial charge in [0.15, 0.2) is 5.78 Å². The molecule has 0 aliphatic rings. The first-order valence-corrected chi connectivity index (χ1v) is 9.85. The van der Waals surface area contributed by atoms with E-state index in [1.165, 1.54) is 17.3 Å². The molecular weight excluding hydrogens is 344 g/mol. The molecule has 0 amide bonds. The minimum atomic E-state index is 0.122. The van der Waals surface area contributed by atoms with E-state index >= 15 is 0 Å². The molecule has 0 saturated carbocycles. The average Bonchev–Trinajstić information content (AvgIpc) is 3.23. The van der Waals surface area contributed by atoms with Crippen LogP contribution in [0.1, 0.15) is 40.1 Å². The maximum atomic E-state index is 12.7. The van der Waals surface area contributed by atoms with Crippen molar-refractivity contribution < 1.29 is 4.79 Å². The normalized spacial score (nSPS) is 11.0. The van der Waals surface area contributed by atoms with Crippen molar-refractivity contribution in [2.75, 3.05) is 5.75 Å². The van der Waals surface area contributed by atoms with Gasteiger partial charge < -0.3 is 4.57 Å². The second-order valence-corrected chi connectivity index (χ2v) is 7.24. The first-order chi connectivity index (χ1) is 12.6. The Kier molecular flexibility index (Phi) is 5.93. The Morgan fingerprint density at radius 3 is 2.69 bits per heavy atom. The third kappa shape index (κ3) is 4.25. The molecule has 6 heteroatoms. The summed E-state index contributed by atoms with van der Waals surface area (Å²) in [6.45, 7) is 6.98. The number of carbonyl (C=O) groups excluding carboxylic acids is 1. The molecule has 0 spiro atoms. The zero-order chi connectivity index (χ0) is 18.5. The Morgan fingerprint density at radius 1 is 1.23 bits per heavy atom. The van der Waals surface area contributed by atoms with E-state index in [9.17, 15) is 4.79 Å². The Bertz CT molecular complexity index is 883. The molecule has 5 nitrogen and oxygen atoms in total. The highest BCUT2D eigenvalue weighted by atomic mass is 32.2. The Labute approximate surface area is 158 Å². The zero-order valence-electron chi connectivity index (χ0n) is 15.5. The van der Waals surface area contributed by atoms with Crippen molar-refractivity contribution in [3.63, 3.8) is 0 Å². The summed E-state index contributed by atoms with van der Waals surface area (Å²) in [5, 5.41) is 7.64. The van der Waals surface area contributed by atoms with Gasteiger partial charge in [-0.25, -0.2) is 4.98 Å². The molecule has 0 bridgehead atoms. The number of hydrogen-bond donors (Lipinski definition) is 1. The molecule has 3 aromatic rings. The molecule has 0 saturated heterocycles. The molecule has 1 N–H and O–H groups in total. The van der Waals surface area contributed by atoms with Crippen molar-refractivity contribution >= 4 is 17.5 Å². The van der Waals surface area contributed by atoms with Gasteiger partial charge >= 0.3 is 0 Å². The number of Topliss-reactive ketones (excluding diaryl/α,β-unsaturated/α-hetero) is 1. The van der Waals surface area contributed by atoms with Crippen LogP contribution in [-0.2, 0) is 19.4 Å². The van der Waals surface area contributed by atoms with Gasteiger partial charge in [0.25, 0.3) is 0 Å². The van der Waals surface area contributed by atoms with Crippen molar-refractivity contribution in [3.8, 4) is 0 Å². The van der Waals surface area contributed by atoms with Crippen LogP contribution in [0.25, 0.3) is 0 Å². The number of ketones is 1. The number of aryl methyl sites for hydroxylation is 3. The standard InChI is InChI=1S/C20H24N4OS/c1-4-19-21-20(23-22-19)26-13-18(25)17-12-14(2)24(15(17)3)11-10-16-8-6-5-7-9-16/h5-9,12H,4,10-11,13H2,1-3H3,(H,21,22,23). The summed E-state index contributed by atoms with van der Waals surface area (Å²) in [7, 11) is 0. The van der Waals surface area contributed by atoms with Crippen molar-refractivity contribution in [3.05, 3.63) is 64.7 Å². The lowest BCUT2D eigenvalue weighted by molar-refractivity contribution is 0.102. The molecule has 0 atom stereocenters. The number of rotatable bonds is 8. The molecule has 3 rings (SSSR count). The van der Waals surface area contributed by atoms with Crippen molar-refractivity contribution in [2.45, 2.75) is 45.3 Å². The van der Waals surface area contributed by atoms with E-state index < -0.39 is 0 Å². The maximum absolute atomic E-state index is 12.7. The van der Waals surface area contributed by atoms with E-state index in [1.54, 1.807) is 0 Å². The summed E-state index contributed by atoms with van der Waals surface area (Å²) < 4.78 is 2.23. The van der Waals surface area contributed by atoms with Crippen LogP contribution in [0.4, 0.5) is 0 Å². The number of H-pyrrole nitrogens is 1. The Morgan fingerprint density at radius 2 is 2.00 bits per heavy atom. The lowest BCUT2D eigenvalue weighted by Gasteiger charge is -2.10. The quantitative estimate of drug-likeness (QED) is 0.482. The van der Waals surface area contributed by atoms with Gasteiger partial charge in [0.1, 0.15) is 5.82 Å². The molecule has 26 heavy (non-hydrogen) atoms. The molecule has 0 unspecified atom stereocenters. The van der Waals surface area contributed by atoms with Gasteiger partial charge in [0.05, 0.1) is 5.75 Å². The van der Waals surface area contributed by atoms with Crippen LogP contribution in [0.3, 0.4) is 0 Å². The van der Waals surface area contributed by atoms with Gasteiger partial charge in [-0.2, -0.15) is 0 Å². The summed E-state index contributed by atoms with van der Waals surface area (Å²) in [5.41, 5.74) is 4.26. The highest BCUT2D eigenvalue weighted by molar-refractivity contribution is 7.99. The molecule has 1 aromatic carbocycles. The molecule has 0 aliphatic heterocycles. The van der Waals surface area contributed by atoms with Crippen molar-refractivity contribution in [1.29, 1.82) is 0 Å². The smallest absolute Gasteiger partial charge is 0.208 e. The predicted molar refractivity (Wildman–Crippen MR) is 105 cm³/mol. The van der Waals surface area contributed by atoms with Crippen molar-refractivity contribution in [2.24, 2.45) is 0 Å². The number of hydrogen-bond acceptors (Lipinski definition) is 4. The average molecular weight is 369 g/mol. The van der Waals surface area contributed by atoms with Crippen LogP contribution in [0.15, 0.2) is 41.6 Å². The lowest BCUT2D eigenvalue weighted by Crippen LogP contribution is -2.08. The van der Waals surface area contributed by atoms with Crippen LogP contribution in [0.5, 0.6) is 0 Å². The largest absolute Gasteiger partial charge is 0.348 e. The molecular formula is C20H24N4OS. The van der Waals surface area contributed by atoms with Crippen LogP contribution in [-0.4, -0.2) is 31.3 Å². The van der Waals surface area contributed by atoms with E-state index in [-0.39, 0.29) is 5.78 Å². The van der Waals surface area contributed by atoms with Crippen molar-refractivity contribution in [1.82, 2.24) is 19.7 Å². The van der Waals surface area contributed by atoms with E-state index in [1.807, 2.05) is 26.0 Å². The van der Waals surface area contributed by atoms with Gasteiger partial charge in [0, 0.05) is 29.9 Å². The number of aromatic amines is 1. The predicted octanol–water partition coefficient (Wildman–Crippen LogP) is 4.00. The van der Waals surface area contributed by atoms with Gasteiger partial charge in [0.2, 0.25) is 5.16 Å². The third-order valence-corrected chi connectivity index (χ3v) is 5.37. The molecule has 2 heterocycles. The van der Waals surface area contributed by atoms with Crippen LogP contribution in [0, 0.1) is 13.8 Å². The van der Waals surface area contributed by atoms with E-state index in [0.717, 1.165) is 42.2 Å². The van der Waals surface area contributed by atoms with Crippen LogP contribution < -0.4 is 0 Å². The SMILES string of the molecule is CCc1nc(SCC(=O)c2cc(C)n(CCc3ccccc3)c2C)n[nH]1. The fraction of sp³-hybridized carbons (Fsp3) is 0.350. The number of thioether (sulfide) groups is 1. The van der Waals surface area contributed by atoms with Gasteiger partial charge in [-0.05, 0) is 31.9 Å². The first-order valence-electron chi connectivity index (χ1n) is 8.86. The summed E-state index contributed by atoms with van der Waals surface area (Å²) in [6, 6.07) is 12.4. The number of nitrogens with zero attached hydrogens (tertiary/aromatic N) is 3. The molecule has 136 valence electrons. The van der Waals surface area contributed by atoms with Gasteiger partial charge in [-0.1, -0.05) is 49.0 Å². The molecule has 0 fully saturated rings. The molecule has 2 aromatic heterocycles.